The van der Waals surface area contributed by atoms with Crippen LogP contribution in [0.25, 0.3) is 10.2 Å². The summed E-state index contributed by atoms with van der Waals surface area (Å²) < 4.78 is 6.35. The summed E-state index contributed by atoms with van der Waals surface area (Å²) in [6, 6.07) is 12.6. The predicted octanol–water partition coefficient (Wildman–Crippen LogP) is 3.82. The highest BCUT2D eigenvalue weighted by Crippen LogP contribution is 2.36. The molecule has 3 heterocycles. The molecule has 0 saturated carbocycles. The molecule has 4 rings (SSSR count). The lowest BCUT2D eigenvalue weighted by atomic mass is 10.0. The fourth-order valence-electron chi connectivity index (χ4n) is 3.24. The average molecular weight is 340 g/mol. The second kappa shape index (κ2) is 6.83. The Morgan fingerprint density at radius 3 is 2.88 bits per heavy atom. The lowest BCUT2D eigenvalue weighted by Gasteiger charge is -2.34. The molecule has 0 radical (unpaired) electrons. The van der Waals surface area contributed by atoms with Crippen molar-refractivity contribution in [3.8, 4) is 5.88 Å². The number of aromatic nitrogens is 3. The summed E-state index contributed by atoms with van der Waals surface area (Å²) >= 11 is 1.82. The summed E-state index contributed by atoms with van der Waals surface area (Å²) in [6.45, 7) is 1.88. The van der Waals surface area contributed by atoms with E-state index in [9.17, 15) is 0 Å². The van der Waals surface area contributed by atoms with Crippen LogP contribution in [0.3, 0.4) is 0 Å². The van der Waals surface area contributed by atoms with Gasteiger partial charge in [-0.2, -0.15) is 5.10 Å². The Morgan fingerprint density at radius 1 is 1.17 bits per heavy atom. The van der Waals surface area contributed by atoms with Gasteiger partial charge in [0, 0.05) is 12.6 Å². The van der Waals surface area contributed by atoms with Crippen LogP contribution in [0.5, 0.6) is 5.88 Å². The summed E-state index contributed by atoms with van der Waals surface area (Å²) in [4.78, 5) is 7.36. The Balaban J connectivity index is 1.57. The molecule has 24 heavy (non-hydrogen) atoms. The van der Waals surface area contributed by atoms with E-state index in [1.807, 2.05) is 23.5 Å². The van der Waals surface area contributed by atoms with E-state index in [2.05, 4.69) is 39.4 Å². The molecule has 1 aliphatic rings. The van der Waals surface area contributed by atoms with Crippen molar-refractivity contribution in [2.45, 2.75) is 31.8 Å². The molecule has 1 unspecified atom stereocenters. The van der Waals surface area contributed by atoms with E-state index in [4.69, 9.17) is 9.72 Å². The summed E-state index contributed by atoms with van der Waals surface area (Å²) in [5, 5.41) is 9.58. The maximum absolute atomic E-state index is 5.09. The first kappa shape index (κ1) is 15.5. The van der Waals surface area contributed by atoms with Gasteiger partial charge in [0.05, 0.1) is 29.1 Å². The third-order valence-electron chi connectivity index (χ3n) is 4.48. The maximum Gasteiger partial charge on any atom is 0.233 e. The van der Waals surface area contributed by atoms with Gasteiger partial charge < -0.3 is 4.74 Å². The zero-order chi connectivity index (χ0) is 16.4. The van der Waals surface area contributed by atoms with Crippen LogP contribution in [0.15, 0.2) is 36.4 Å². The lowest BCUT2D eigenvalue weighted by molar-refractivity contribution is 0.138. The van der Waals surface area contributed by atoms with E-state index >= 15 is 0 Å². The first-order chi connectivity index (χ1) is 11.8. The molecular formula is C18H20N4OS. The Hall–Kier alpha value is -2.05. The molecule has 6 heteroatoms. The molecule has 2 aromatic heterocycles. The normalized spacial score (nSPS) is 18.8. The van der Waals surface area contributed by atoms with Crippen molar-refractivity contribution >= 4 is 21.6 Å². The largest absolute Gasteiger partial charge is 0.480 e. The zero-order valence-corrected chi connectivity index (χ0v) is 14.5. The SMILES string of the molecule is COc1ccc(CN2CCCCC2c2nc3ccccc3s2)nn1. The van der Waals surface area contributed by atoms with Crippen molar-refractivity contribution in [1.82, 2.24) is 20.1 Å². The van der Waals surface area contributed by atoms with Gasteiger partial charge in [-0.3, -0.25) is 4.90 Å². The second-order valence-electron chi connectivity index (χ2n) is 6.07. The van der Waals surface area contributed by atoms with Crippen molar-refractivity contribution < 1.29 is 4.74 Å². The number of hydrogen-bond donors (Lipinski definition) is 0. The molecule has 0 aliphatic carbocycles. The smallest absolute Gasteiger partial charge is 0.233 e. The first-order valence-corrected chi connectivity index (χ1v) is 9.11. The number of para-hydroxylation sites is 1. The summed E-state index contributed by atoms with van der Waals surface area (Å²) in [6.07, 6.45) is 3.64. The Morgan fingerprint density at radius 2 is 2.08 bits per heavy atom. The standard InChI is InChI=1S/C18H20N4OS/c1-23-17-10-9-13(20-21-17)12-22-11-5-4-7-15(22)18-19-14-6-2-3-8-16(14)24-18/h2-3,6,8-10,15H,4-5,7,11-12H2,1H3. The number of fused-ring (bicyclic) bond motifs is 1. The van der Waals surface area contributed by atoms with Gasteiger partial charge in [-0.05, 0) is 37.6 Å². The predicted molar refractivity (Wildman–Crippen MR) is 95.2 cm³/mol. The van der Waals surface area contributed by atoms with Crippen LogP contribution in [0.1, 0.15) is 36.0 Å². The first-order valence-electron chi connectivity index (χ1n) is 8.29. The average Bonchev–Trinajstić information content (AvgIpc) is 3.07. The molecule has 0 spiro atoms. The molecule has 5 nitrogen and oxygen atoms in total. The number of hydrogen-bond acceptors (Lipinski definition) is 6. The molecule has 1 saturated heterocycles. The quantitative estimate of drug-likeness (QED) is 0.722. The molecular weight excluding hydrogens is 320 g/mol. The van der Waals surface area contributed by atoms with Gasteiger partial charge in [0.25, 0.3) is 0 Å². The van der Waals surface area contributed by atoms with Crippen LogP contribution < -0.4 is 4.74 Å². The van der Waals surface area contributed by atoms with Gasteiger partial charge in [0.15, 0.2) is 0 Å². The topological polar surface area (TPSA) is 51.1 Å². The summed E-state index contributed by atoms with van der Waals surface area (Å²) in [7, 11) is 1.61. The number of rotatable bonds is 4. The minimum atomic E-state index is 0.375. The molecule has 0 bridgehead atoms. The second-order valence-corrected chi connectivity index (χ2v) is 7.13. The van der Waals surface area contributed by atoms with Gasteiger partial charge in [-0.15, -0.1) is 16.4 Å². The van der Waals surface area contributed by atoms with E-state index in [1.165, 1.54) is 22.5 Å². The van der Waals surface area contributed by atoms with E-state index in [0.717, 1.165) is 30.7 Å². The molecule has 1 aliphatic heterocycles. The van der Waals surface area contributed by atoms with Crippen molar-refractivity contribution in [1.29, 1.82) is 0 Å². The lowest BCUT2D eigenvalue weighted by Crippen LogP contribution is -2.33. The number of piperidine rings is 1. The molecule has 3 aromatic rings. The number of thiazole rings is 1. The molecule has 124 valence electrons. The van der Waals surface area contributed by atoms with E-state index in [0.29, 0.717) is 11.9 Å². The van der Waals surface area contributed by atoms with Crippen LogP contribution in [-0.4, -0.2) is 33.7 Å². The summed E-state index contributed by atoms with van der Waals surface area (Å²) in [5.74, 6) is 0.556. The molecule has 0 N–H and O–H groups in total. The molecule has 0 amide bonds. The van der Waals surface area contributed by atoms with Crippen molar-refractivity contribution in [3.05, 3.63) is 47.1 Å². The zero-order valence-electron chi connectivity index (χ0n) is 13.7. The fraction of sp³-hybridized carbons (Fsp3) is 0.389. The van der Waals surface area contributed by atoms with Crippen LogP contribution in [0.2, 0.25) is 0 Å². The Labute approximate surface area is 145 Å². The van der Waals surface area contributed by atoms with Crippen molar-refractivity contribution in [2.75, 3.05) is 13.7 Å². The maximum atomic E-state index is 5.09. The highest BCUT2D eigenvalue weighted by atomic mass is 32.1. The van der Waals surface area contributed by atoms with Crippen LogP contribution >= 0.6 is 11.3 Å². The van der Waals surface area contributed by atoms with Crippen molar-refractivity contribution in [2.24, 2.45) is 0 Å². The highest BCUT2D eigenvalue weighted by molar-refractivity contribution is 7.18. The van der Waals surface area contributed by atoms with Gasteiger partial charge in [-0.1, -0.05) is 18.6 Å². The molecule has 1 fully saturated rings. The highest BCUT2D eigenvalue weighted by Gasteiger charge is 2.27. The number of nitrogens with zero attached hydrogens (tertiary/aromatic N) is 4. The number of methoxy groups -OCH3 is 1. The van der Waals surface area contributed by atoms with E-state index in [1.54, 1.807) is 7.11 Å². The van der Waals surface area contributed by atoms with E-state index in [-0.39, 0.29) is 0 Å². The molecule has 1 aromatic carbocycles. The van der Waals surface area contributed by atoms with Crippen LogP contribution in [0.4, 0.5) is 0 Å². The monoisotopic (exact) mass is 340 g/mol. The van der Waals surface area contributed by atoms with Crippen LogP contribution in [0, 0.1) is 0 Å². The third kappa shape index (κ3) is 3.12. The number of ether oxygens (including phenoxy) is 1. The van der Waals surface area contributed by atoms with Gasteiger partial charge in [0.2, 0.25) is 5.88 Å². The minimum absolute atomic E-state index is 0.375. The van der Waals surface area contributed by atoms with E-state index < -0.39 is 0 Å². The number of benzene rings is 1. The fourth-order valence-corrected chi connectivity index (χ4v) is 4.38. The Bertz CT molecular complexity index is 784. The Kier molecular flexibility index (Phi) is 4.40. The van der Waals surface area contributed by atoms with Gasteiger partial charge in [0.1, 0.15) is 5.01 Å². The molecule has 1 atom stereocenters. The van der Waals surface area contributed by atoms with Crippen molar-refractivity contribution in [3.63, 3.8) is 0 Å². The minimum Gasteiger partial charge on any atom is -0.480 e. The summed E-state index contributed by atoms with van der Waals surface area (Å²) in [5.41, 5.74) is 2.08. The third-order valence-corrected chi connectivity index (χ3v) is 5.62. The van der Waals surface area contributed by atoms with Crippen LogP contribution in [-0.2, 0) is 6.54 Å². The van der Waals surface area contributed by atoms with Gasteiger partial charge in [-0.25, -0.2) is 4.98 Å². The number of likely N-dealkylation sites (tertiary alicyclic amines) is 1. The van der Waals surface area contributed by atoms with Gasteiger partial charge >= 0.3 is 0 Å².